The number of halogens is 1. The standard InChI is InChI=1S/C15H21BrN2O3/c16-14-4-3-13(21-14)7-17-11-5-12(6-11)18(9-15(19)20)8-10-1-2-10/h3-4,10-12,17H,1-2,5-9H2,(H,19,20). The average Bonchev–Trinajstić information content (AvgIpc) is 3.07. The Morgan fingerprint density at radius 2 is 2.19 bits per heavy atom. The summed E-state index contributed by atoms with van der Waals surface area (Å²) < 4.78 is 6.21. The molecule has 3 rings (SSSR count). The molecule has 0 radical (unpaired) electrons. The van der Waals surface area contributed by atoms with Crippen LogP contribution in [0.5, 0.6) is 0 Å². The van der Waals surface area contributed by atoms with Gasteiger partial charge in [0.1, 0.15) is 5.76 Å². The Labute approximate surface area is 132 Å². The molecule has 2 saturated carbocycles. The fraction of sp³-hybridized carbons (Fsp3) is 0.667. The Balaban J connectivity index is 1.41. The molecule has 2 aliphatic rings. The van der Waals surface area contributed by atoms with E-state index >= 15 is 0 Å². The van der Waals surface area contributed by atoms with Gasteiger partial charge >= 0.3 is 5.97 Å². The summed E-state index contributed by atoms with van der Waals surface area (Å²) in [5.41, 5.74) is 0. The highest BCUT2D eigenvalue weighted by molar-refractivity contribution is 9.10. The first-order valence-corrected chi connectivity index (χ1v) is 8.33. The van der Waals surface area contributed by atoms with Gasteiger partial charge < -0.3 is 14.8 Å². The molecule has 116 valence electrons. The quantitative estimate of drug-likeness (QED) is 0.748. The molecule has 2 N–H and O–H groups in total. The smallest absolute Gasteiger partial charge is 0.317 e. The van der Waals surface area contributed by atoms with Crippen LogP contribution >= 0.6 is 15.9 Å². The molecule has 0 atom stereocenters. The molecule has 1 aromatic rings. The van der Waals surface area contributed by atoms with Crippen molar-refractivity contribution in [3.8, 4) is 0 Å². The highest BCUT2D eigenvalue weighted by Crippen LogP contribution is 2.33. The zero-order valence-electron chi connectivity index (χ0n) is 11.9. The Bertz CT molecular complexity index is 495. The van der Waals surface area contributed by atoms with E-state index in [1.807, 2.05) is 12.1 Å². The zero-order chi connectivity index (χ0) is 14.8. The molecule has 5 nitrogen and oxygen atoms in total. The fourth-order valence-electron chi connectivity index (χ4n) is 2.89. The van der Waals surface area contributed by atoms with Crippen LogP contribution in [0.4, 0.5) is 0 Å². The number of rotatable bonds is 8. The van der Waals surface area contributed by atoms with E-state index in [4.69, 9.17) is 9.52 Å². The van der Waals surface area contributed by atoms with Crippen LogP contribution in [0, 0.1) is 5.92 Å². The van der Waals surface area contributed by atoms with Crippen LogP contribution in [0.15, 0.2) is 21.2 Å². The number of carbonyl (C=O) groups is 1. The molecule has 0 aromatic carbocycles. The maximum atomic E-state index is 11.0. The lowest BCUT2D eigenvalue weighted by Crippen LogP contribution is -2.54. The second-order valence-electron chi connectivity index (χ2n) is 6.18. The first-order valence-electron chi connectivity index (χ1n) is 7.53. The first-order chi connectivity index (χ1) is 10.1. The summed E-state index contributed by atoms with van der Waals surface area (Å²) >= 11 is 3.29. The molecule has 0 unspecified atom stereocenters. The summed E-state index contributed by atoms with van der Waals surface area (Å²) in [6, 6.07) is 4.74. The molecule has 0 saturated heterocycles. The van der Waals surface area contributed by atoms with Gasteiger partial charge in [-0.05, 0) is 59.7 Å². The number of hydrogen-bond acceptors (Lipinski definition) is 4. The predicted molar refractivity (Wildman–Crippen MR) is 82.0 cm³/mol. The third-order valence-electron chi connectivity index (χ3n) is 4.35. The lowest BCUT2D eigenvalue weighted by atomic mass is 9.85. The highest BCUT2D eigenvalue weighted by Gasteiger charge is 2.36. The van der Waals surface area contributed by atoms with Crippen molar-refractivity contribution in [3.63, 3.8) is 0 Å². The molecular formula is C15H21BrN2O3. The molecule has 0 aliphatic heterocycles. The van der Waals surface area contributed by atoms with Crippen LogP contribution < -0.4 is 5.32 Å². The minimum absolute atomic E-state index is 0.180. The number of carboxylic acids is 1. The van der Waals surface area contributed by atoms with Crippen molar-refractivity contribution in [1.29, 1.82) is 0 Å². The fourth-order valence-corrected chi connectivity index (χ4v) is 3.23. The summed E-state index contributed by atoms with van der Waals surface area (Å²) in [5, 5.41) is 12.5. The molecule has 21 heavy (non-hydrogen) atoms. The van der Waals surface area contributed by atoms with Gasteiger partial charge in [0, 0.05) is 18.6 Å². The summed E-state index contributed by atoms with van der Waals surface area (Å²) in [6.07, 6.45) is 4.58. The van der Waals surface area contributed by atoms with Gasteiger partial charge in [-0.2, -0.15) is 0 Å². The monoisotopic (exact) mass is 356 g/mol. The SMILES string of the molecule is O=C(O)CN(CC1CC1)C1CC(NCc2ccc(Br)o2)C1. The summed E-state index contributed by atoms with van der Waals surface area (Å²) in [7, 11) is 0. The number of nitrogens with one attached hydrogen (secondary N) is 1. The van der Waals surface area contributed by atoms with Crippen molar-refractivity contribution in [2.45, 2.75) is 44.3 Å². The van der Waals surface area contributed by atoms with Gasteiger partial charge in [-0.25, -0.2) is 0 Å². The molecule has 0 amide bonds. The van der Waals surface area contributed by atoms with E-state index < -0.39 is 5.97 Å². The number of carboxylic acid groups (broad SMARTS) is 1. The maximum absolute atomic E-state index is 11.0. The maximum Gasteiger partial charge on any atom is 0.317 e. The predicted octanol–water partition coefficient (Wildman–Crippen LogP) is 2.46. The van der Waals surface area contributed by atoms with E-state index in [-0.39, 0.29) is 6.54 Å². The molecule has 6 heteroatoms. The van der Waals surface area contributed by atoms with Gasteiger partial charge in [0.2, 0.25) is 0 Å². The van der Waals surface area contributed by atoms with Gasteiger partial charge in [-0.1, -0.05) is 0 Å². The van der Waals surface area contributed by atoms with Crippen LogP contribution in [0.25, 0.3) is 0 Å². The van der Waals surface area contributed by atoms with Crippen LogP contribution in [-0.4, -0.2) is 41.1 Å². The van der Waals surface area contributed by atoms with Crippen molar-refractivity contribution in [3.05, 3.63) is 22.6 Å². The molecule has 0 spiro atoms. The van der Waals surface area contributed by atoms with Gasteiger partial charge in [-0.15, -0.1) is 0 Å². The Morgan fingerprint density at radius 3 is 2.76 bits per heavy atom. The molecular weight excluding hydrogens is 336 g/mol. The number of nitrogens with zero attached hydrogens (tertiary/aromatic N) is 1. The van der Waals surface area contributed by atoms with Gasteiger partial charge in [0.15, 0.2) is 4.67 Å². The largest absolute Gasteiger partial charge is 0.480 e. The highest BCUT2D eigenvalue weighted by atomic mass is 79.9. The first kappa shape index (κ1) is 15.1. The van der Waals surface area contributed by atoms with E-state index in [1.54, 1.807) is 0 Å². The number of aliphatic carboxylic acids is 1. The Kier molecular flexibility index (Phi) is 4.66. The lowest BCUT2D eigenvalue weighted by Gasteiger charge is -2.42. The van der Waals surface area contributed by atoms with Crippen LogP contribution in [0.3, 0.4) is 0 Å². The minimum atomic E-state index is -0.715. The van der Waals surface area contributed by atoms with E-state index in [2.05, 4.69) is 26.1 Å². The Morgan fingerprint density at radius 1 is 1.43 bits per heavy atom. The number of hydrogen-bond donors (Lipinski definition) is 2. The minimum Gasteiger partial charge on any atom is -0.480 e. The van der Waals surface area contributed by atoms with Crippen molar-refractivity contribution >= 4 is 21.9 Å². The van der Waals surface area contributed by atoms with Crippen LogP contribution in [-0.2, 0) is 11.3 Å². The van der Waals surface area contributed by atoms with E-state index in [0.717, 1.165) is 42.3 Å². The molecule has 1 aromatic heterocycles. The topological polar surface area (TPSA) is 65.7 Å². The van der Waals surface area contributed by atoms with Gasteiger partial charge in [0.05, 0.1) is 13.1 Å². The third-order valence-corrected chi connectivity index (χ3v) is 4.78. The van der Waals surface area contributed by atoms with Crippen molar-refractivity contribution in [1.82, 2.24) is 10.2 Å². The third kappa shape index (κ3) is 4.31. The van der Waals surface area contributed by atoms with E-state index in [0.29, 0.717) is 12.1 Å². The second-order valence-corrected chi connectivity index (χ2v) is 6.96. The van der Waals surface area contributed by atoms with Gasteiger partial charge in [-0.3, -0.25) is 9.69 Å². The van der Waals surface area contributed by atoms with E-state index in [1.165, 1.54) is 12.8 Å². The Hall–Kier alpha value is -0.850. The summed E-state index contributed by atoms with van der Waals surface area (Å²) in [6.45, 7) is 1.86. The molecule has 1 heterocycles. The molecule has 0 bridgehead atoms. The molecule has 2 fully saturated rings. The summed E-state index contributed by atoms with van der Waals surface area (Å²) in [4.78, 5) is 13.1. The molecule has 2 aliphatic carbocycles. The average molecular weight is 357 g/mol. The lowest BCUT2D eigenvalue weighted by molar-refractivity contribution is -0.139. The van der Waals surface area contributed by atoms with Crippen LogP contribution in [0.1, 0.15) is 31.4 Å². The van der Waals surface area contributed by atoms with Crippen molar-refractivity contribution < 1.29 is 14.3 Å². The van der Waals surface area contributed by atoms with Crippen LogP contribution in [0.2, 0.25) is 0 Å². The zero-order valence-corrected chi connectivity index (χ0v) is 13.5. The van der Waals surface area contributed by atoms with Gasteiger partial charge in [0.25, 0.3) is 0 Å². The number of furan rings is 1. The second kappa shape index (κ2) is 6.50. The van der Waals surface area contributed by atoms with Crippen molar-refractivity contribution in [2.24, 2.45) is 5.92 Å². The summed E-state index contributed by atoms with van der Waals surface area (Å²) in [5.74, 6) is 0.940. The van der Waals surface area contributed by atoms with E-state index in [9.17, 15) is 4.79 Å². The normalized spacial score (nSPS) is 25.0. The van der Waals surface area contributed by atoms with Crippen molar-refractivity contribution in [2.75, 3.05) is 13.1 Å².